The van der Waals surface area contributed by atoms with E-state index in [1.54, 1.807) is 17.7 Å². The number of amides is 1. The Morgan fingerprint density at radius 1 is 1.21 bits per heavy atom. The summed E-state index contributed by atoms with van der Waals surface area (Å²) < 4.78 is 1.68. The smallest absolute Gasteiger partial charge is 0.250 e. The minimum Gasteiger partial charge on any atom is -0.371 e. The highest BCUT2D eigenvalue weighted by Gasteiger charge is 2.34. The van der Waals surface area contributed by atoms with Gasteiger partial charge >= 0.3 is 0 Å². The molecule has 0 atom stereocenters. The maximum atomic E-state index is 12.8. The van der Waals surface area contributed by atoms with Gasteiger partial charge in [0.2, 0.25) is 5.91 Å². The van der Waals surface area contributed by atoms with Gasteiger partial charge in [-0.15, -0.1) is 0 Å². The van der Waals surface area contributed by atoms with Crippen LogP contribution in [0.1, 0.15) is 47.7 Å². The SMILES string of the molecule is Cc1cc(=O)n(C)c2c1CN(C(=O)CC1CN(c3ccnc(C4CC4)c3)C1)C2. The Hall–Kier alpha value is -2.63. The van der Waals surface area contributed by atoms with Gasteiger partial charge in [-0.2, -0.15) is 0 Å². The average molecular weight is 378 g/mol. The van der Waals surface area contributed by atoms with Crippen LogP contribution in [0.15, 0.2) is 29.2 Å². The zero-order valence-electron chi connectivity index (χ0n) is 16.5. The molecule has 0 bridgehead atoms. The van der Waals surface area contributed by atoms with Crippen LogP contribution in [-0.4, -0.2) is 33.4 Å². The summed E-state index contributed by atoms with van der Waals surface area (Å²) in [6.07, 6.45) is 5.02. The van der Waals surface area contributed by atoms with Crippen LogP contribution in [0, 0.1) is 12.8 Å². The van der Waals surface area contributed by atoms with Gasteiger partial charge in [0.25, 0.3) is 5.56 Å². The predicted octanol–water partition coefficient (Wildman–Crippen LogP) is 2.33. The summed E-state index contributed by atoms with van der Waals surface area (Å²) in [5.74, 6) is 1.26. The second-order valence-electron chi connectivity index (χ2n) is 8.59. The average Bonchev–Trinajstić information content (AvgIpc) is 3.40. The summed E-state index contributed by atoms with van der Waals surface area (Å²) in [6.45, 7) is 4.99. The lowest BCUT2D eigenvalue weighted by molar-refractivity contribution is -0.133. The lowest BCUT2D eigenvalue weighted by Crippen LogP contribution is -2.48. The molecule has 6 nitrogen and oxygen atoms in total. The van der Waals surface area contributed by atoms with Gasteiger partial charge in [0.15, 0.2) is 0 Å². The molecule has 146 valence electrons. The van der Waals surface area contributed by atoms with E-state index in [4.69, 9.17) is 0 Å². The van der Waals surface area contributed by atoms with Crippen molar-refractivity contribution in [3.63, 3.8) is 0 Å². The van der Waals surface area contributed by atoms with Crippen molar-refractivity contribution in [2.75, 3.05) is 18.0 Å². The summed E-state index contributed by atoms with van der Waals surface area (Å²) in [5.41, 5.74) is 5.57. The molecule has 6 heteroatoms. The van der Waals surface area contributed by atoms with E-state index in [-0.39, 0.29) is 11.5 Å². The number of aromatic nitrogens is 2. The topological polar surface area (TPSA) is 58.4 Å². The van der Waals surface area contributed by atoms with E-state index >= 15 is 0 Å². The maximum absolute atomic E-state index is 12.8. The van der Waals surface area contributed by atoms with E-state index in [2.05, 4.69) is 22.0 Å². The number of carbonyl (C=O) groups excluding carboxylic acids is 1. The number of nitrogens with zero attached hydrogens (tertiary/aromatic N) is 4. The molecule has 28 heavy (non-hydrogen) atoms. The fourth-order valence-corrected chi connectivity index (χ4v) is 4.48. The van der Waals surface area contributed by atoms with Crippen molar-refractivity contribution < 1.29 is 4.79 Å². The second-order valence-corrected chi connectivity index (χ2v) is 8.59. The molecular weight excluding hydrogens is 352 g/mol. The van der Waals surface area contributed by atoms with Crippen LogP contribution in [0.4, 0.5) is 5.69 Å². The molecule has 5 rings (SSSR count). The highest BCUT2D eigenvalue weighted by Crippen LogP contribution is 2.40. The van der Waals surface area contributed by atoms with Gasteiger partial charge in [0.1, 0.15) is 0 Å². The molecule has 0 unspecified atom stereocenters. The van der Waals surface area contributed by atoms with Crippen LogP contribution in [0.25, 0.3) is 0 Å². The number of hydrogen-bond acceptors (Lipinski definition) is 4. The van der Waals surface area contributed by atoms with Crippen LogP contribution in [0.2, 0.25) is 0 Å². The lowest BCUT2D eigenvalue weighted by atomic mass is 9.95. The van der Waals surface area contributed by atoms with E-state index in [0.717, 1.165) is 29.9 Å². The molecule has 1 aliphatic carbocycles. The standard InChI is InChI=1S/C22H26N4O2/c1-14-7-21(27)24(2)20-13-26(12-18(14)20)22(28)8-15-10-25(11-15)17-5-6-23-19(9-17)16-3-4-16/h5-7,9,15-16H,3-4,8,10-13H2,1-2H3. The fourth-order valence-electron chi connectivity index (χ4n) is 4.48. The highest BCUT2D eigenvalue weighted by molar-refractivity contribution is 5.77. The van der Waals surface area contributed by atoms with Gasteiger partial charge in [-0.05, 0) is 43.0 Å². The van der Waals surface area contributed by atoms with E-state index < -0.39 is 0 Å². The number of rotatable bonds is 4. The molecule has 0 N–H and O–H groups in total. The quantitative estimate of drug-likeness (QED) is 0.819. The summed E-state index contributed by atoms with van der Waals surface area (Å²) >= 11 is 0. The Balaban J connectivity index is 1.19. The van der Waals surface area contributed by atoms with E-state index in [1.807, 2.05) is 18.0 Å². The van der Waals surface area contributed by atoms with Gasteiger partial charge < -0.3 is 14.4 Å². The van der Waals surface area contributed by atoms with Crippen molar-refractivity contribution in [3.05, 3.63) is 57.3 Å². The van der Waals surface area contributed by atoms with Gasteiger partial charge in [-0.25, -0.2) is 0 Å². The largest absolute Gasteiger partial charge is 0.371 e. The third-order valence-electron chi connectivity index (χ3n) is 6.49. The number of hydrogen-bond donors (Lipinski definition) is 0. The minimum absolute atomic E-state index is 0.00287. The number of pyridine rings is 2. The summed E-state index contributed by atoms with van der Waals surface area (Å²) in [7, 11) is 1.79. The Morgan fingerprint density at radius 3 is 2.75 bits per heavy atom. The molecular formula is C22H26N4O2. The first-order valence-corrected chi connectivity index (χ1v) is 10.2. The first-order chi connectivity index (χ1) is 13.5. The van der Waals surface area contributed by atoms with Crippen LogP contribution in [0.3, 0.4) is 0 Å². The predicted molar refractivity (Wildman–Crippen MR) is 107 cm³/mol. The fraction of sp³-hybridized carbons (Fsp3) is 0.500. The second kappa shape index (κ2) is 6.47. The number of carbonyl (C=O) groups is 1. The summed E-state index contributed by atoms with van der Waals surface area (Å²) in [6, 6.07) is 5.96. The third kappa shape index (κ3) is 3.01. The van der Waals surface area contributed by atoms with E-state index in [1.165, 1.54) is 24.2 Å². The van der Waals surface area contributed by atoms with Crippen molar-refractivity contribution >= 4 is 11.6 Å². The highest BCUT2D eigenvalue weighted by atomic mass is 16.2. The Morgan fingerprint density at radius 2 is 2.00 bits per heavy atom. The van der Waals surface area contributed by atoms with Crippen LogP contribution in [0.5, 0.6) is 0 Å². The molecule has 2 fully saturated rings. The molecule has 2 aromatic heterocycles. The van der Waals surface area contributed by atoms with Gasteiger partial charge in [-0.1, -0.05) is 0 Å². The van der Waals surface area contributed by atoms with Gasteiger partial charge in [0, 0.05) is 74.3 Å². The van der Waals surface area contributed by atoms with E-state index in [0.29, 0.717) is 31.3 Å². The summed E-state index contributed by atoms with van der Waals surface area (Å²) in [4.78, 5) is 33.6. The molecule has 1 saturated heterocycles. The van der Waals surface area contributed by atoms with Crippen molar-refractivity contribution in [2.45, 2.75) is 45.2 Å². The molecule has 3 aliphatic rings. The number of anilines is 1. The molecule has 0 aromatic carbocycles. The molecule has 4 heterocycles. The Kier molecular flexibility index (Phi) is 4.03. The minimum atomic E-state index is 0.00287. The van der Waals surface area contributed by atoms with Crippen LogP contribution in [-0.2, 0) is 24.9 Å². The Labute approximate surface area is 164 Å². The van der Waals surface area contributed by atoms with E-state index in [9.17, 15) is 9.59 Å². The zero-order valence-corrected chi connectivity index (χ0v) is 16.5. The third-order valence-corrected chi connectivity index (χ3v) is 6.49. The van der Waals surface area contributed by atoms with Crippen LogP contribution >= 0.6 is 0 Å². The molecule has 0 radical (unpaired) electrons. The van der Waals surface area contributed by atoms with Crippen LogP contribution < -0.4 is 10.5 Å². The molecule has 2 aliphatic heterocycles. The van der Waals surface area contributed by atoms with Crippen molar-refractivity contribution in [1.82, 2.24) is 14.5 Å². The van der Waals surface area contributed by atoms with Gasteiger partial charge in [-0.3, -0.25) is 14.6 Å². The van der Waals surface area contributed by atoms with Crippen molar-refractivity contribution in [1.29, 1.82) is 0 Å². The Bertz CT molecular complexity index is 1000. The monoisotopic (exact) mass is 378 g/mol. The normalized spacial score (nSPS) is 18.9. The molecule has 1 saturated carbocycles. The maximum Gasteiger partial charge on any atom is 0.250 e. The first kappa shape index (κ1) is 17.5. The first-order valence-electron chi connectivity index (χ1n) is 10.2. The van der Waals surface area contributed by atoms with Crippen molar-refractivity contribution in [3.8, 4) is 0 Å². The molecule has 0 spiro atoms. The van der Waals surface area contributed by atoms with Gasteiger partial charge in [0.05, 0.1) is 6.54 Å². The molecule has 1 amide bonds. The zero-order chi connectivity index (χ0) is 19.4. The molecule has 2 aromatic rings. The lowest BCUT2D eigenvalue weighted by Gasteiger charge is -2.41. The van der Waals surface area contributed by atoms with Crippen molar-refractivity contribution in [2.24, 2.45) is 13.0 Å². The number of fused-ring (bicyclic) bond motifs is 1. The summed E-state index contributed by atoms with van der Waals surface area (Å²) in [5, 5.41) is 0. The number of aryl methyl sites for hydroxylation is 1.